The average Bonchev–Trinajstić information content (AvgIpc) is 3.13. The highest BCUT2D eigenvalue weighted by Gasteiger charge is 2.42. The van der Waals surface area contributed by atoms with Crippen molar-refractivity contribution in [2.75, 3.05) is 18.9 Å². The Bertz CT molecular complexity index is 916. The Morgan fingerprint density at radius 3 is 2.85 bits per heavy atom. The maximum atomic E-state index is 6.32. The number of fused-ring (bicyclic) bond motifs is 2. The first-order valence-corrected chi connectivity index (χ1v) is 8.68. The lowest BCUT2D eigenvalue weighted by atomic mass is 9.98. The first-order valence-electron chi connectivity index (χ1n) is 8.68. The number of rotatable bonds is 2. The Labute approximate surface area is 149 Å². The quantitative estimate of drug-likeness (QED) is 0.751. The molecule has 2 N–H and O–H groups in total. The van der Waals surface area contributed by atoms with E-state index in [9.17, 15) is 0 Å². The first-order chi connectivity index (χ1) is 12.8. The average molecular weight is 353 g/mol. The third-order valence-corrected chi connectivity index (χ3v) is 5.00. The Balaban J connectivity index is 1.49. The second kappa shape index (κ2) is 6.31. The summed E-state index contributed by atoms with van der Waals surface area (Å²) in [6.07, 6.45) is 3.35. The molecule has 2 aliphatic rings. The molecule has 0 aliphatic carbocycles. The molecule has 3 aromatic rings. The number of anilines is 1. The fourth-order valence-corrected chi connectivity index (χ4v) is 3.73. The van der Waals surface area contributed by atoms with Gasteiger partial charge in [0.1, 0.15) is 24.1 Å². The monoisotopic (exact) mass is 353 g/mol. The molecule has 8 nitrogen and oxygen atoms in total. The van der Waals surface area contributed by atoms with Crippen molar-refractivity contribution in [3.8, 4) is 0 Å². The molecule has 0 saturated carbocycles. The smallest absolute Gasteiger partial charge is 0.184 e. The minimum atomic E-state index is -0.406. The largest absolute Gasteiger partial charge is 0.382 e. The number of aromatic nitrogens is 4. The Hall–Kier alpha value is -2.55. The molecular formula is C18H19N5O3. The number of hydrogen-bond acceptors (Lipinski definition) is 7. The molecule has 0 amide bonds. The highest BCUT2D eigenvalue weighted by atomic mass is 16.7. The summed E-state index contributed by atoms with van der Waals surface area (Å²) in [5.41, 5.74) is 8.25. The van der Waals surface area contributed by atoms with Gasteiger partial charge in [0.05, 0.1) is 19.0 Å². The van der Waals surface area contributed by atoms with E-state index in [1.54, 1.807) is 6.33 Å². The van der Waals surface area contributed by atoms with E-state index in [0.717, 1.165) is 17.6 Å². The van der Waals surface area contributed by atoms with E-state index < -0.39 is 6.29 Å². The fraction of sp³-hybridized carbons (Fsp3) is 0.389. The van der Waals surface area contributed by atoms with Gasteiger partial charge in [-0.15, -0.1) is 0 Å². The van der Waals surface area contributed by atoms with Crippen LogP contribution in [-0.2, 0) is 14.2 Å². The van der Waals surface area contributed by atoms with Crippen LogP contribution in [0.3, 0.4) is 0 Å². The summed E-state index contributed by atoms with van der Waals surface area (Å²) in [7, 11) is 0. The van der Waals surface area contributed by atoms with Gasteiger partial charge in [-0.05, 0) is 6.42 Å². The highest BCUT2D eigenvalue weighted by molar-refractivity contribution is 5.81. The van der Waals surface area contributed by atoms with Crippen LogP contribution in [0.15, 0.2) is 43.0 Å². The van der Waals surface area contributed by atoms with Crippen molar-refractivity contribution in [3.05, 3.63) is 48.5 Å². The molecule has 26 heavy (non-hydrogen) atoms. The van der Waals surface area contributed by atoms with Gasteiger partial charge in [-0.3, -0.25) is 0 Å². The molecule has 2 aliphatic heterocycles. The van der Waals surface area contributed by atoms with Crippen LogP contribution in [0.1, 0.15) is 24.3 Å². The molecule has 0 bridgehead atoms. The number of hydrogen-bond donors (Lipinski definition) is 1. The summed E-state index contributed by atoms with van der Waals surface area (Å²) in [4.78, 5) is 12.8. The maximum Gasteiger partial charge on any atom is 0.184 e. The molecule has 2 saturated heterocycles. The molecular weight excluding hydrogens is 334 g/mol. The van der Waals surface area contributed by atoms with E-state index in [0.29, 0.717) is 24.5 Å². The highest BCUT2D eigenvalue weighted by Crippen LogP contribution is 2.38. The number of nitrogens with zero attached hydrogens (tertiary/aromatic N) is 4. The molecule has 4 heterocycles. The number of benzene rings is 1. The van der Waals surface area contributed by atoms with Crippen LogP contribution >= 0.6 is 0 Å². The second-order valence-electron chi connectivity index (χ2n) is 6.52. The topological polar surface area (TPSA) is 97.3 Å². The Kier molecular flexibility index (Phi) is 3.81. The standard InChI is InChI=1S/C18H19N5O3/c19-16-14-17(21-9-20-16)23(10-22-14)12-6-7-24-13-8-25-18(26-15(12)13)11-4-2-1-3-5-11/h1-5,9-10,12-13,15,18H,6-8H2,(H2,19,20,21)/t12-,13+,15-,18+/m0/s1. The minimum Gasteiger partial charge on any atom is -0.382 e. The predicted molar refractivity (Wildman–Crippen MR) is 93.1 cm³/mol. The SMILES string of the molecule is Nc1ncnc2c1ncn2[C@H]1CCO[C@@H]2CO[C@@H](c3ccccc3)O[C@H]21. The van der Waals surface area contributed by atoms with Gasteiger partial charge in [-0.2, -0.15) is 0 Å². The molecule has 8 heteroatoms. The summed E-state index contributed by atoms with van der Waals surface area (Å²) in [5, 5.41) is 0. The van der Waals surface area contributed by atoms with Crippen LogP contribution in [0.25, 0.3) is 11.2 Å². The van der Waals surface area contributed by atoms with Crippen molar-refractivity contribution in [2.45, 2.75) is 31.0 Å². The van der Waals surface area contributed by atoms with Crippen molar-refractivity contribution in [3.63, 3.8) is 0 Å². The molecule has 1 aromatic carbocycles. The Morgan fingerprint density at radius 2 is 1.96 bits per heavy atom. The van der Waals surface area contributed by atoms with Crippen LogP contribution in [0.2, 0.25) is 0 Å². The van der Waals surface area contributed by atoms with E-state index in [-0.39, 0.29) is 18.2 Å². The molecule has 2 fully saturated rings. The summed E-state index contributed by atoms with van der Waals surface area (Å²) in [5.74, 6) is 0.382. The predicted octanol–water partition coefficient (Wildman–Crippen LogP) is 1.85. The van der Waals surface area contributed by atoms with Crippen molar-refractivity contribution in [1.29, 1.82) is 0 Å². The van der Waals surface area contributed by atoms with Crippen LogP contribution in [0, 0.1) is 0 Å². The lowest BCUT2D eigenvalue weighted by Crippen LogP contribution is -2.50. The fourth-order valence-electron chi connectivity index (χ4n) is 3.73. The number of nitrogen functional groups attached to an aromatic ring is 1. The zero-order valence-electron chi connectivity index (χ0n) is 14.1. The molecule has 2 aromatic heterocycles. The Morgan fingerprint density at radius 1 is 1.08 bits per heavy atom. The first kappa shape index (κ1) is 15.7. The summed E-state index contributed by atoms with van der Waals surface area (Å²) in [6, 6.07) is 9.99. The lowest BCUT2D eigenvalue weighted by molar-refractivity contribution is -0.288. The molecule has 0 unspecified atom stereocenters. The normalized spacial score (nSPS) is 28.8. The zero-order chi connectivity index (χ0) is 17.5. The van der Waals surface area contributed by atoms with Crippen molar-refractivity contribution in [1.82, 2.24) is 19.5 Å². The van der Waals surface area contributed by atoms with Gasteiger partial charge in [-0.1, -0.05) is 30.3 Å². The van der Waals surface area contributed by atoms with E-state index in [1.807, 2.05) is 34.9 Å². The van der Waals surface area contributed by atoms with Crippen LogP contribution in [-0.4, -0.2) is 44.9 Å². The number of imidazole rings is 1. The van der Waals surface area contributed by atoms with Gasteiger partial charge < -0.3 is 24.5 Å². The van der Waals surface area contributed by atoms with Gasteiger partial charge in [0.25, 0.3) is 0 Å². The molecule has 0 radical (unpaired) electrons. The van der Waals surface area contributed by atoms with Gasteiger partial charge in [-0.25, -0.2) is 15.0 Å². The molecule has 5 rings (SSSR count). The number of ether oxygens (including phenoxy) is 3. The van der Waals surface area contributed by atoms with Crippen LogP contribution < -0.4 is 5.73 Å². The maximum absolute atomic E-state index is 6.32. The van der Waals surface area contributed by atoms with Gasteiger partial charge >= 0.3 is 0 Å². The van der Waals surface area contributed by atoms with Crippen LogP contribution in [0.5, 0.6) is 0 Å². The second-order valence-corrected chi connectivity index (χ2v) is 6.52. The minimum absolute atomic E-state index is 0.0446. The molecule has 0 spiro atoms. The van der Waals surface area contributed by atoms with Gasteiger partial charge in [0.15, 0.2) is 17.8 Å². The van der Waals surface area contributed by atoms with Crippen molar-refractivity contribution in [2.24, 2.45) is 0 Å². The third kappa shape index (κ3) is 2.54. The third-order valence-electron chi connectivity index (χ3n) is 5.00. The summed E-state index contributed by atoms with van der Waals surface area (Å²) in [6.45, 7) is 1.12. The van der Waals surface area contributed by atoms with Crippen molar-refractivity contribution < 1.29 is 14.2 Å². The lowest BCUT2D eigenvalue weighted by Gasteiger charge is -2.43. The zero-order valence-corrected chi connectivity index (χ0v) is 14.1. The van der Waals surface area contributed by atoms with E-state index in [1.165, 1.54) is 6.33 Å². The summed E-state index contributed by atoms with van der Waals surface area (Å²) >= 11 is 0. The van der Waals surface area contributed by atoms with Gasteiger partial charge in [0, 0.05) is 12.2 Å². The molecule has 134 valence electrons. The van der Waals surface area contributed by atoms with Crippen LogP contribution in [0.4, 0.5) is 5.82 Å². The van der Waals surface area contributed by atoms with Crippen molar-refractivity contribution >= 4 is 17.0 Å². The van der Waals surface area contributed by atoms with E-state index in [4.69, 9.17) is 19.9 Å². The number of nitrogens with two attached hydrogens (primary N) is 1. The van der Waals surface area contributed by atoms with E-state index in [2.05, 4.69) is 15.0 Å². The van der Waals surface area contributed by atoms with E-state index >= 15 is 0 Å². The molecule has 4 atom stereocenters. The van der Waals surface area contributed by atoms with Gasteiger partial charge in [0.2, 0.25) is 0 Å². The summed E-state index contributed by atoms with van der Waals surface area (Å²) < 4.78 is 20.1.